The van der Waals surface area contributed by atoms with Crippen molar-refractivity contribution in [2.45, 2.75) is 19.3 Å². The van der Waals surface area contributed by atoms with Crippen molar-refractivity contribution in [2.24, 2.45) is 0 Å². The van der Waals surface area contributed by atoms with E-state index in [4.69, 9.17) is 0 Å². The van der Waals surface area contributed by atoms with Gasteiger partial charge in [-0.15, -0.1) is 0 Å². The summed E-state index contributed by atoms with van der Waals surface area (Å²) in [5.74, 6) is 0. The predicted octanol–water partition coefficient (Wildman–Crippen LogP) is 18.2. The van der Waals surface area contributed by atoms with Crippen LogP contribution in [0.3, 0.4) is 0 Å². The topological polar surface area (TPSA) is 6.48 Å². The van der Waals surface area contributed by atoms with Gasteiger partial charge < -0.3 is 9.80 Å². The Balaban J connectivity index is 1.13. The Kier molecular flexibility index (Phi) is 9.88. The Morgan fingerprint density at radius 2 is 0.761 bits per heavy atom. The van der Waals surface area contributed by atoms with Gasteiger partial charge in [0.05, 0.1) is 0 Å². The fourth-order valence-corrected chi connectivity index (χ4v) is 10.6. The first-order valence-corrected chi connectivity index (χ1v) is 23.3. The summed E-state index contributed by atoms with van der Waals surface area (Å²) in [6.45, 7) is 4.73. The zero-order chi connectivity index (χ0) is 44.9. The number of benzene rings is 11. The van der Waals surface area contributed by atoms with Crippen LogP contribution in [-0.4, -0.2) is 0 Å². The van der Waals surface area contributed by atoms with Crippen molar-refractivity contribution < 1.29 is 0 Å². The maximum absolute atomic E-state index is 2.45. The molecule has 0 radical (unpaired) electrons. The van der Waals surface area contributed by atoms with Gasteiger partial charge in [0.25, 0.3) is 0 Å². The molecule has 0 fully saturated rings. The van der Waals surface area contributed by atoms with Gasteiger partial charge in [0.1, 0.15) is 0 Å². The van der Waals surface area contributed by atoms with E-state index < -0.39 is 0 Å². The summed E-state index contributed by atoms with van der Waals surface area (Å²) in [5, 5.41) is 4.86. The highest BCUT2D eigenvalue weighted by Gasteiger charge is 2.36. The van der Waals surface area contributed by atoms with E-state index >= 15 is 0 Å². The van der Waals surface area contributed by atoms with Crippen LogP contribution in [0.1, 0.15) is 25.0 Å². The molecular formula is C65H48N2. The van der Waals surface area contributed by atoms with Gasteiger partial charge in [0.15, 0.2) is 0 Å². The molecule has 2 nitrogen and oxygen atoms in total. The van der Waals surface area contributed by atoms with Crippen LogP contribution in [0.2, 0.25) is 0 Å². The van der Waals surface area contributed by atoms with E-state index in [1.54, 1.807) is 0 Å². The molecular weight excluding hydrogens is 809 g/mol. The van der Waals surface area contributed by atoms with Crippen molar-refractivity contribution in [3.05, 3.63) is 266 Å². The van der Waals surface area contributed by atoms with Crippen LogP contribution in [0.4, 0.5) is 34.1 Å². The van der Waals surface area contributed by atoms with Crippen LogP contribution in [0, 0.1) is 0 Å². The summed E-state index contributed by atoms with van der Waals surface area (Å²) in [6.07, 6.45) is 0. The van der Waals surface area contributed by atoms with Gasteiger partial charge in [-0.1, -0.05) is 202 Å². The summed E-state index contributed by atoms with van der Waals surface area (Å²) in [5.41, 5.74) is 18.7. The molecule has 11 aromatic carbocycles. The lowest BCUT2D eigenvalue weighted by Gasteiger charge is -2.31. The van der Waals surface area contributed by atoms with Crippen LogP contribution in [0.25, 0.3) is 66.1 Å². The highest BCUT2D eigenvalue weighted by atomic mass is 15.2. The maximum Gasteiger partial charge on any atom is 0.0488 e. The quantitative estimate of drug-likeness (QED) is 0.143. The molecule has 2 heteroatoms. The third-order valence-corrected chi connectivity index (χ3v) is 13.8. The number of hydrogen-bond acceptors (Lipinski definition) is 2. The molecule has 0 bridgehead atoms. The van der Waals surface area contributed by atoms with Crippen LogP contribution in [-0.2, 0) is 5.41 Å². The van der Waals surface area contributed by atoms with Gasteiger partial charge in [-0.2, -0.15) is 0 Å². The van der Waals surface area contributed by atoms with Crippen LogP contribution in [0.15, 0.2) is 255 Å². The van der Waals surface area contributed by atoms with E-state index in [9.17, 15) is 0 Å². The second kappa shape index (κ2) is 16.5. The van der Waals surface area contributed by atoms with Gasteiger partial charge in [0.2, 0.25) is 0 Å². The Labute approximate surface area is 393 Å². The SMILES string of the molecule is CC1(C)c2ccccc2-c2ccc(N(c3ccccc3)c3cc(-c4ccccc4-c4ccc5ccccc5c4-c4ccccc4)cc(N(c4ccccc4)c4ccc5ccccc5c4)c3)cc21. The van der Waals surface area contributed by atoms with E-state index in [0.717, 1.165) is 45.3 Å². The third kappa shape index (κ3) is 7.06. The first-order valence-electron chi connectivity index (χ1n) is 23.3. The zero-order valence-corrected chi connectivity index (χ0v) is 37.6. The Morgan fingerprint density at radius 3 is 1.46 bits per heavy atom. The van der Waals surface area contributed by atoms with Gasteiger partial charge in [-0.25, -0.2) is 0 Å². The van der Waals surface area contributed by atoms with E-state index in [-0.39, 0.29) is 5.41 Å². The molecule has 67 heavy (non-hydrogen) atoms. The molecule has 0 aliphatic heterocycles. The molecule has 0 spiro atoms. The second-order valence-corrected chi connectivity index (χ2v) is 18.1. The van der Waals surface area contributed by atoms with Gasteiger partial charge in [0, 0.05) is 39.5 Å². The minimum absolute atomic E-state index is 0.160. The van der Waals surface area contributed by atoms with E-state index in [2.05, 4.69) is 278 Å². The number of nitrogens with zero attached hydrogens (tertiary/aromatic N) is 2. The maximum atomic E-state index is 2.45. The summed E-state index contributed by atoms with van der Waals surface area (Å²) in [6, 6.07) is 93.4. The molecule has 1 aliphatic rings. The lowest BCUT2D eigenvalue weighted by atomic mass is 9.82. The lowest BCUT2D eigenvalue weighted by Crippen LogP contribution is -2.17. The summed E-state index contributed by atoms with van der Waals surface area (Å²) >= 11 is 0. The third-order valence-electron chi connectivity index (χ3n) is 13.8. The molecule has 0 saturated heterocycles. The minimum Gasteiger partial charge on any atom is -0.310 e. The fourth-order valence-electron chi connectivity index (χ4n) is 10.6. The first kappa shape index (κ1) is 40.1. The number of fused-ring (bicyclic) bond motifs is 5. The van der Waals surface area contributed by atoms with Crippen molar-refractivity contribution in [1.82, 2.24) is 0 Å². The molecule has 0 aromatic heterocycles. The fraction of sp³-hybridized carbons (Fsp3) is 0.0462. The van der Waals surface area contributed by atoms with Crippen molar-refractivity contribution in [2.75, 3.05) is 9.80 Å². The first-order chi connectivity index (χ1) is 33.0. The van der Waals surface area contributed by atoms with Crippen LogP contribution in [0.5, 0.6) is 0 Å². The summed E-state index contributed by atoms with van der Waals surface area (Å²) in [7, 11) is 0. The summed E-state index contributed by atoms with van der Waals surface area (Å²) in [4.78, 5) is 4.86. The zero-order valence-electron chi connectivity index (χ0n) is 37.6. The van der Waals surface area contributed by atoms with Gasteiger partial charge in [-0.3, -0.25) is 0 Å². The molecule has 0 heterocycles. The Bertz CT molecular complexity index is 3610. The highest BCUT2D eigenvalue weighted by Crippen LogP contribution is 2.52. The molecule has 0 atom stereocenters. The molecule has 0 N–H and O–H groups in total. The second-order valence-electron chi connectivity index (χ2n) is 18.1. The van der Waals surface area contributed by atoms with E-state index in [0.29, 0.717) is 0 Å². The van der Waals surface area contributed by atoms with Crippen molar-refractivity contribution in [1.29, 1.82) is 0 Å². The Hall–Kier alpha value is -8.46. The van der Waals surface area contributed by atoms with Crippen molar-refractivity contribution in [3.63, 3.8) is 0 Å². The lowest BCUT2D eigenvalue weighted by molar-refractivity contribution is 0.660. The van der Waals surface area contributed by atoms with Crippen molar-refractivity contribution >= 4 is 55.7 Å². The van der Waals surface area contributed by atoms with E-state index in [1.165, 1.54) is 66.1 Å². The molecule has 0 saturated carbocycles. The normalized spacial score (nSPS) is 12.4. The monoisotopic (exact) mass is 856 g/mol. The molecule has 318 valence electrons. The molecule has 11 aromatic rings. The predicted molar refractivity (Wildman–Crippen MR) is 285 cm³/mol. The number of para-hydroxylation sites is 2. The van der Waals surface area contributed by atoms with Gasteiger partial charge >= 0.3 is 0 Å². The standard InChI is InChI=1S/C65H48N2/c1-65(2)62-33-19-18-32-59(62)60-39-37-53(44-63(60)65)67(51-27-10-5-11-28-51)55-42-49(41-54(43-55)66(50-25-8-4-9-26-50)52-36-34-45-20-12-13-24-48(45)40-52)56-29-16-17-31-58(56)61-38-35-46-21-14-15-30-57(46)64(61)47-22-6-3-7-23-47/h3-44H,1-2H3. The number of hydrogen-bond donors (Lipinski definition) is 0. The highest BCUT2D eigenvalue weighted by molar-refractivity contribution is 6.06. The number of anilines is 6. The average molecular weight is 857 g/mol. The average Bonchev–Trinajstić information content (AvgIpc) is 3.62. The Morgan fingerprint density at radius 1 is 0.269 bits per heavy atom. The molecule has 0 amide bonds. The van der Waals surface area contributed by atoms with E-state index in [1.807, 2.05) is 0 Å². The summed E-state index contributed by atoms with van der Waals surface area (Å²) < 4.78 is 0. The molecule has 12 rings (SSSR count). The van der Waals surface area contributed by atoms with Crippen molar-refractivity contribution in [3.8, 4) is 44.5 Å². The smallest absolute Gasteiger partial charge is 0.0488 e. The minimum atomic E-state index is -0.160. The van der Waals surface area contributed by atoms with Crippen LogP contribution >= 0.6 is 0 Å². The largest absolute Gasteiger partial charge is 0.310 e. The molecule has 0 unspecified atom stereocenters. The van der Waals surface area contributed by atoms with Gasteiger partial charge in [-0.05, 0) is 144 Å². The molecule has 1 aliphatic carbocycles. The number of rotatable bonds is 9. The van der Waals surface area contributed by atoms with Crippen LogP contribution < -0.4 is 9.80 Å².